The van der Waals surface area contributed by atoms with Crippen LogP contribution in [-0.2, 0) is 23.8 Å². The van der Waals surface area contributed by atoms with Crippen LogP contribution < -0.4 is 5.32 Å². The first-order valence-electron chi connectivity index (χ1n) is 8.32. The van der Waals surface area contributed by atoms with E-state index in [1.54, 1.807) is 0 Å². The quantitative estimate of drug-likeness (QED) is 0.658. The smallest absolute Gasteiger partial charge is 0.302 e. The number of hydrogen-bond acceptors (Lipinski definition) is 4. The van der Waals surface area contributed by atoms with Gasteiger partial charge in [0.15, 0.2) is 5.13 Å². The fourth-order valence-electron chi connectivity index (χ4n) is 3.26. The Morgan fingerprint density at radius 2 is 2.07 bits per heavy atom. The van der Waals surface area contributed by atoms with Gasteiger partial charge in [0, 0.05) is 12.5 Å². The molecule has 0 saturated heterocycles. The molecule has 0 bridgehead atoms. The second-order valence-electron chi connectivity index (χ2n) is 6.22. The van der Waals surface area contributed by atoms with E-state index in [9.17, 15) is 18.0 Å². The topological polar surface area (TPSA) is 59.8 Å². The van der Waals surface area contributed by atoms with Gasteiger partial charge >= 0.3 is 6.18 Å². The minimum atomic E-state index is -4.54. The SMILES string of the molecule is C#Cc1nn(-c2ccccc2C(F)(F)F)c2c1CCc1nc(NC(C)=O)sc1-2. The number of terminal acetylenes is 1. The number of anilines is 1. The predicted octanol–water partition coefficient (Wildman–Crippen LogP) is 4.05. The minimum absolute atomic E-state index is 0.102. The molecule has 4 rings (SSSR count). The van der Waals surface area contributed by atoms with Crippen LogP contribution >= 0.6 is 11.3 Å². The van der Waals surface area contributed by atoms with E-state index in [0.29, 0.717) is 45.5 Å². The molecule has 1 aliphatic carbocycles. The van der Waals surface area contributed by atoms with Crippen molar-refractivity contribution in [2.24, 2.45) is 0 Å². The number of aryl methyl sites for hydroxylation is 1. The summed E-state index contributed by atoms with van der Waals surface area (Å²) in [5.41, 5.74) is 1.32. The monoisotopic (exact) mass is 402 g/mol. The maximum absolute atomic E-state index is 13.6. The zero-order chi connectivity index (χ0) is 20.1. The Bertz CT molecular complexity index is 1140. The summed E-state index contributed by atoms with van der Waals surface area (Å²) in [6.45, 7) is 1.37. The van der Waals surface area contributed by atoms with Gasteiger partial charge in [-0.1, -0.05) is 23.5 Å². The second-order valence-corrected chi connectivity index (χ2v) is 7.22. The molecule has 0 saturated carbocycles. The molecular weight excluding hydrogens is 389 g/mol. The van der Waals surface area contributed by atoms with Gasteiger partial charge in [0.05, 0.1) is 27.5 Å². The van der Waals surface area contributed by atoms with Crippen LogP contribution in [0.4, 0.5) is 18.3 Å². The van der Waals surface area contributed by atoms with Crippen molar-refractivity contribution in [3.63, 3.8) is 0 Å². The molecule has 5 nitrogen and oxygen atoms in total. The predicted molar refractivity (Wildman–Crippen MR) is 99.3 cm³/mol. The maximum Gasteiger partial charge on any atom is 0.418 e. The third-order valence-electron chi connectivity index (χ3n) is 4.37. The molecule has 0 fully saturated rings. The summed E-state index contributed by atoms with van der Waals surface area (Å²) in [4.78, 5) is 16.4. The summed E-state index contributed by atoms with van der Waals surface area (Å²) < 4.78 is 41.9. The number of aromatic nitrogens is 3. The Morgan fingerprint density at radius 1 is 1.32 bits per heavy atom. The normalized spacial score (nSPS) is 12.8. The molecule has 0 aliphatic heterocycles. The van der Waals surface area contributed by atoms with E-state index in [4.69, 9.17) is 6.42 Å². The molecule has 1 N–H and O–H groups in total. The van der Waals surface area contributed by atoms with Crippen LogP contribution in [-0.4, -0.2) is 20.7 Å². The number of nitrogens with one attached hydrogen (secondary N) is 1. The molecule has 1 aliphatic rings. The van der Waals surface area contributed by atoms with E-state index in [1.165, 1.54) is 41.1 Å². The number of carbonyl (C=O) groups is 1. The van der Waals surface area contributed by atoms with Crippen molar-refractivity contribution >= 4 is 22.4 Å². The van der Waals surface area contributed by atoms with Crippen LogP contribution in [0.1, 0.15) is 29.4 Å². The first-order valence-corrected chi connectivity index (χ1v) is 9.14. The highest BCUT2D eigenvalue weighted by Gasteiger charge is 2.36. The van der Waals surface area contributed by atoms with Crippen molar-refractivity contribution in [3.05, 3.63) is 46.8 Å². The summed E-state index contributed by atoms with van der Waals surface area (Å²) in [7, 11) is 0. The largest absolute Gasteiger partial charge is 0.418 e. The molecular formula is C19H13F3N4OS. The maximum atomic E-state index is 13.6. The number of carbonyl (C=O) groups excluding carboxylic acids is 1. The molecule has 9 heteroatoms. The lowest BCUT2D eigenvalue weighted by Gasteiger charge is -2.17. The molecule has 1 aromatic carbocycles. The van der Waals surface area contributed by atoms with Crippen LogP contribution in [0.25, 0.3) is 16.3 Å². The van der Waals surface area contributed by atoms with Crippen LogP contribution in [0.2, 0.25) is 0 Å². The average molecular weight is 402 g/mol. The molecule has 142 valence electrons. The molecule has 28 heavy (non-hydrogen) atoms. The number of para-hydroxylation sites is 1. The van der Waals surface area contributed by atoms with Gasteiger partial charge in [-0.15, -0.1) is 6.42 Å². The Kier molecular flexibility index (Phi) is 4.23. The average Bonchev–Trinajstić information content (AvgIpc) is 3.20. The van der Waals surface area contributed by atoms with E-state index in [0.717, 1.165) is 6.07 Å². The highest BCUT2D eigenvalue weighted by atomic mass is 32.1. The first kappa shape index (κ1) is 18.3. The van der Waals surface area contributed by atoms with E-state index < -0.39 is 11.7 Å². The summed E-state index contributed by atoms with van der Waals surface area (Å²) in [5, 5.41) is 7.32. The number of fused-ring (bicyclic) bond motifs is 3. The lowest BCUT2D eigenvalue weighted by molar-refractivity contribution is -0.137. The number of hydrogen-bond donors (Lipinski definition) is 1. The summed E-state index contributed by atoms with van der Waals surface area (Å²) >= 11 is 1.20. The third kappa shape index (κ3) is 2.96. The van der Waals surface area contributed by atoms with Crippen LogP contribution in [0, 0.1) is 12.3 Å². The number of amides is 1. The van der Waals surface area contributed by atoms with Crippen molar-refractivity contribution in [2.75, 3.05) is 5.32 Å². The molecule has 0 spiro atoms. The molecule has 2 aromatic heterocycles. The Balaban J connectivity index is 1.97. The van der Waals surface area contributed by atoms with Gasteiger partial charge in [-0.25, -0.2) is 9.67 Å². The second kappa shape index (κ2) is 6.49. The summed E-state index contributed by atoms with van der Waals surface area (Å²) in [6.07, 6.45) is 2.10. The van der Waals surface area contributed by atoms with Crippen molar-refractivity contribution in [2.45, 2.75) is 25.9 Å². The van der Waals surface area contributed by atoms with Gasteiger partial charge in [0.2, 0.25) is 5.91 Å². The van der Waals surface area contributed by atoms with Crippen LogP contribution in [0.15, 0.2) is 24.3 Å². The summed E-state index contributed by atoms with van der Waals surface area (Å²) in [6, 6.07) is 5.23. The van der Waals surface area contributed by atoms with Crippen molar-refractivity contribution < 1.29 is 18.0 Å². The van der Waals surface area contributed by atoms with Gasteiger partial charge in [-0.05, 0) is 30.9 Å². The van der Waals surface area contributed by atoms with Crippen LogP contribution in [0.5, 0.6) is 0 Å². The Morgan fingerprint density at radius 3 is 2.75 bits per heavy atom. The zero-order valence-electron chi connectivity index (χ0n) is 14.6. The number of thiazole rings is 1. The number of nitrogens with zero attached hydrogens (tertiary/aromatic N) is 3. The third-order valence-corrected chi connectivity index (χ3v) is 5.38. The highest BCUT2D eigenvalue weighted by molar-refractivity contribution is 7.19. The molecule has 0 unspecified atom stereocenters. The standard InChI is InChI=1S/C19H13F3N4OS/c1-3-13-11-8-9-14-17(28-18(24-14)23-10(2)27)16(11)26(25-13)15-7-5-4-6-12(15)19(20,21)22/h1,4-7H,8-9H2,2H3,(H,23,24,27). The van der Waals surface area contributed by atoms with Crippen molar-refractivity contribution in [1.29, 1.82) is 0 Å². The Hall–Kier alpha value is -3.12. The molecule has 3 aromatic rings. The molecule has 1 amide bonds. The molecule has 2 heterocycles. The van der Waals surface area contributed by atoms with Gasteiger partial charge in [0.1, 0.15) is 5.69 Å². The number of alkyl halides is 3. The zero-order valence-corrected chi connectivity index (χ0v) is 15.4. The van der Waals surface area contributed by atoms with Gasteiger partial charge in [-0.3, -0.25) is 4.79 Å². The van der Waals surface area contributed by atoms with Crippen molar-refractivity contribution in [1.82, 2.24) is 14.8 Å². The van der Waals surface area contributed by atoms with E-state index in [1.807, 2.05) is 0 Å². The minimum Gasteiger partial charge on any atom is -0.302 e. The van der Waals surface area contributed by atoms with Crippen molar-refractivity contribution in [3.8, 4) is 28.6 Å². The van der Waals surface area contributed by atoms with Crippen LogP contribution in [0.3, 0.4) is 0 Å². The fourth-order valence-corrected chi connectivity index (χ4v) is 4.38. The van der Waals surface area contributed by atoms with E-state index in [2.05, 4.69) is 21.3 Å². The lowest BCUT2D eigenvalue weighted by Crippen LogP contribution is -2.13. The highest BCUT2D eigenvalue weighted by Crippen LogP contribution is 2.43. The number of rotatable bonds is 2. The van der Waals surface area contributed by atoms with Gasteiger partial charge < -0.3 is 5.32 Å². The molecule has 0 atom stereocenters. The van der Waals surface area contributed by atoms with Gasteiger partial charge in [0.25, 0.3) is 0 Å². The number of halogens is 3. The fraction of sp³-hybridized carbons (Fsp3) is 0.211. The van der Waals surface area contributed by atoms with E-state index in [-0.39, 0.29) is 11.6 Å². The van der Waals surface area contributed by atoms with Gasteiger partial charge in [-0.2, -0.15) is 18.3 Å². The first-order chi connectivity index (χ1) is 13.3. The number of benzene rings is 1. The summed E-state index contributed by atoms with van der Waals surface area (Å²) in [5.74, 6) is 2.20. The Labute approximate surface area is 162 Å². The molecule has 0 radical (unpaired) electrons. The van der Waals surface area contributed by atoms with E-state index >= 15 is 0 Å². The lowest BCUT2D eigenvalue weighted by atomic mass is 9.97.